The molecule has 4 nitrogen and oxygen atoms in total. The summed E-state index contributed by atoms with van der Waals surface area (Å²) in [5.74, 6) is 0.592. The predicted molar refractivity (Wildman–Crippen MR) is 126 cm³/mol. The lowest BCUT2D eigenvalue weighted by Gasteiger charge is -2.17. The van der Waals surface area contributed by atoms with E-state index in [1.807, 2.05) is 44.2 Å². The van der Waals surface area contributed by atoms with Crippen LogP contribution in [0.1, 0.15) is 71.3 Å². The van der Waals surface area contributed by atoms with Crippen molar-refractivity contribution in [1.82, 2.24) is 0 Å². The van der Waals surface area contributed by atoms with Gasteiger partial charge in [0, 0.05) is 34.4 Å². The first kappa shape index (κ1) is 22.8. The van der Waals surface area contributed by atoms with Gasteiger partial charge in [-0.3, -0.25) is 9.59 Å². The molecule has 3 aromatic rings. The van der Waals surface area contributed by atoms with E-state index in [-0.39, 0.29) is 11.9 Å². The van der Waals surface area contributed by atoms with E-state index in [2.05, 4.69) is 19.1 Å². The van der Waals surface area contributed by atoms with Gasteiger partial charge >= 0.3 is 11.9 Å². The Labute approximate surface area is 184 Å². The largest absolute Gasteiger partial charge is 0.425 e. The van der Waals surface area contributed by atoms with Crippen molar-refractivity contribution in [2.75, 3.05) is 0 Å². The second kappa shape index (κ2) is 10.9. The van der Waals surface area contributed by atoms with Crippen molar-refractivity contribution < 1.29 is 19.1 Å². The molecule has 31 heavy (non-hydrogen) atoms. The summed E-state index contributed by atoms with van der Waals surface area (Å²) < 4.78 is 11.7. The molecule has 164 valence electrons. The highest BCUT2D eigenvalue weighted by molar-refractivity contribution is 6.12. The van der Waals surface area contributed by atoms with Gasteiger partial charge in [0.15, 0.2) is 0 Å². The molecule has 0 N–H and O–H groups in total. The lowest BCUT2D eigenvalue weighted by atomic mass is 9.97. The van der Waals surface area contributed by atoms with Crippen molar-refractivity contribution in [3.63, 3.8) is 0 Å². The molecule has 0 fully saturated rings. The standard InChI is InChI=1S/C27H32O4/c1-4-7-8-13-19-16-17-22-23(18-19)27(31-25(29)12-6-3)21-15-10-9-14-20(21)26(22)30-24(28)11-5-2/h9-10,14-18H,4-8,11-13H2,1-3H3. The Morgan fingerprint density at radius 2 is 1.23 bits per heavy atom. The smallest absolute Gasteiger partial charge is 0.311 e. The molecular weight excluding hydrogens is 388 g/mol. The average molecular weight is 421 g/mol. The Hall–Kier alpha value is -2.88. The molecule has 0 saturated carbocycles. The molecule has 3 rings (SSSR count). The third kappa shape index (κ3) is 5.43. The second-order valence-electron chi connectivity index (χ2n) is 7.99. The van der Waals surface area contributed by atoms with E-state index in [1.54, 1.807) is 0 Å². The van der Waals surface area contributed by atoms with Gasteiger partial charge in [-0.1, -0.05) is 70.0 Å². The van der Waals surface area contributed by atoms with E-state index in [0.29, 0.717) is 24.3 Å². The van der Waals surface area contributed by atoms with Crippen molar-refractivity contribution in [3.8, 4) is 11.5 Å². The number of rotatable bonds is 10. The van der Waals surface area contributed by atoms with Gasteiger partial charge < -0.3 is 9.47 Å². The Balaban J connectivity index is 2.22. The average Bonchev–Trinajstić information content (AvgIpc) is 2.76. The zero-order valence-electron chi connectivity index (χ0n) is 18.8. The SMILES string of the molecule is CCCCCc1ccc2c(OC(=O)CCC)c3ccccc3c(OC(=O)CCC)c2c1. The van der Waals surface area contributed by atoms with Gasteiger partial charge in [0.2, 0.25) is 0 Å². The molecule has 0 radical (unpaired) electrons. The fraction of sp³-hybridized carbons (Fsp3) is 0.407. The lowest BCUT2D eigenvalue weighted by Crippen LogP contribution is -2.10. The van der Waals surface area contributed by atoms with E-state index in [1.165, 1.54) is 12.0 Å². The minimum absolute atomic E-state index is 0.249. The van der Waals surface area contributed by atoms with E-state index >= 15 is 0 Å². The number of unbranched alkanes of at least 4 members (excludes halogenated alkanes) is 2. The summed E-state index contributed by atoms with van der Waals surface area (Å²) in [5, 5.41) is 3.17. The predicted octanol–water partition coefficient (Wildman–Crippen LogP) is 7.14. The quantitative estimate of drug-likeness (QED) is 0.151. The van der Waals surface area contributed by atoms with Crippen LogP contribution in [0, 0.1) is 0 Å². The number of hydrogen-bond donors (Lipinski definition) is 0. The number of fused-ring (bicyclic) bond motifs is 2. The van der Waals surface area contributed by atoms with Gasteiger partial charge in [0.05, 0.1) is 0 Å². The van der Waals surface area contributed by atoms with Crippen LogP contribution in [0.3, 0.4) is 0 Å². The zero-order chi connectivity index (χ0) is 22.2. The minimum atomic E-state index is -0.253. The molecule has 0 saturated heterocycles. The lowest BCUT2D eigenvalue weighted by molar-refractivity contribution is -0.135. The molecule has 3 aromatic carbocycles. The molecule has 0 aliphatic heterocycles. The van der Waals surface area contributed by atoms with Crippen molar-refractivity contribution in [1.29, 1.82) is 0 Å². The number of ether oxygens (including phenoxy) is 2. The highest BCUT2D eigenvalue weighted by Crippen LogP contribution is 2.43. The molecule has 0 aliphatic carbocycles. The van der Waals surface area contributed by atoms with Crippen LogP contribution in [0.15, 0.2) is 42.5 Å². The number of benzene rings is 3. The normalized spacial score (nSPS) is 11.1. The maximum Gasteiger partial charge on any atom is 0.311 e. The van der Waals surface area contributed by atoms with Crippen LogP contribution in [0.5, 0.6) is 11.5 Å². The fourth-order valence-electron chi connectivity index (χ4n) is 3.84. The number of carbonyl (C=O) groups is 2. The van der Waals surface area contributed by atoms with Crippen LogP contribution in [0.4, 0.5) is 0 Å². The van der Waals surface area contributed by atoms with Crippen molar-refractivity contribution in [2.45, 2.75) is 72.1 Å². The Kier molecular flexibility index (Phi) is 8.05. The summed E-state index contributed by atoms with van der Waals surface area (Å²) in [6.07, 6.45) is 6.58. The summed E-state index contributed by atoms with van der Waals surface area (Å²) in [4.78, 5) is 24.8. The molecular formula is C27H32O4. The number of carbonyl (C=O) groups excluding carboxylic acids is 2. The van der Waals surface area contributed by atoms with Crippen LogP contribution < -0.4 is 9.47 Å². The number of esters is 2. The number of aryl methyl sites for hydroxylation is 1. The summed E-state index contributed by atoms with van der Waals surface area (Å²) in [7, 11) is 0. The van der Waals surface area contributed by atoms with Gasteiger partial charge in [-0.25, -0.2) is 0 Å². The molecule has 0 spiro atoms. The first-order chi connectivity index (χ1) is 15.1. The first-order valence-electron chi connectivity index (χ1n) is 11.5. The summed E-state index contributed by atoms with van der Waals surface area (Å²) in [5.41, 5.74) is 1.19. The molecule has 0 aliphatic rings. The zero-order valence-corrected chi connectivity index (χ0v) is 18.8. The maximum atomic E-state index is 12.4. The van der Waals surface area contributed by atoms with Crippen molar-refractivity contribution in [3.05, 3.63) is 48.0 Å². The molecule has 0 aromatic heterocycles. The van der Waals surface area contributed by atoms with Crippen LogP contribution in [0.2, 0.25) is 0 Å². The monoisotopic (exact) mass is 420 g/mol. The van der Waals surface area contributed by atoms with E-state index in [9.17, 15) is 9.59 Å². The van der Waals surface area contributed by atoms with Crippen molar-refractivity contribution in [2.24, 2.45) is 0 Å². The molecule has 0 atom stereocenters. The van der Waals surface area contributed by atoms with Crippen LogP contribution in [0.25, 0.3) is 21.5 Å². The van der Waals surface area contributed by atoms with Gasteiger partial charge in [-0.15, -0.1) is 0 Å². The van der Waals surface area contributed by atoms with E-state index < -0.39 is 0 Å². The number of hydrogen-bond acceptors (Lipinski definition) is 4. The molecule has 0 unspecified atom stereocenters. The van der Waals surface area contributed by atoms with Gasteiger partial charge in [-0.2, -0.15) is 0 Å². The van der Waals surface area contributed by atoms with Crippen LogP contribution >= 0.6 is 0 Å². The summed E-state index contributed by atoms with van der Waals surface area (Å²) >= 11 is 0. The third-order valence-electron chi connectivity index (χ3n) is 5.40. The minimum Gasteiger partial charge on any atom is -0.425 e. The highest BCUT2D eigenvalue weighted by Gasteiger charge is 2.20. The molecule has 0 bridgehead atoms. The Morgan fingerprint density at radius 1 is 0.677 bits per heavy atom. The summed E-state index contributed by atoms with van der Waals surface area (Å²) in [6, 6.07) is 13.8. The Bertz CT molecular complexity index is 1070. The van der Waals surface area contributed by atoms with Crippen LogP contribution in [-0.4, -0.2) is 11.9 Å². The van der Waals surface area contributed by atoms with E-state index in [0.717, 1.165) is 53.6 Å². The molecule has 0 amide bonds. The Morgan fingerprint density at radius 3 is 1.77 bits per heavy atom. The second-order valence-corrected chi connectivity index (χ2v) is 7.99. The van der Waals surface area contributed by atoms with Gasteiger partial charge in [0.25, 0.3) is 0 Å². The maximum absolute atomic E-state index is 12.4. The summed E-state index contributed by atoms with van der Waals surface area (Å²) in [6.45, 7) is 6.10. The van der Waals surface area contributed by atoms with E-state index in [4.69, 9.17) is 9.47 Å². The molecule has 0 heterocycles. The fourth-order valence-corrected chi connectivity index (χ4v) is 3.84. The van der Waals surface area contributed by atoms with Crippen LogP contribution in [-0.2, 0) is 16.0 Å². The first-order valence-corrected chi connectivity index (χ1v) is 11.5. The topological polar surface area (TPSA) is 52.6 Å². The van der Waals surface area contributed by atoms with Crippen molar-refractivity contribution >= 4 is 33.5 Å². The van der Waals surface area contributed by atoms with Gasteiger partial charge in [0.1, 0.15) is 11.5 Å². The van der Waals surface area contributed by atoms with Gasteiger partial charge in [-0.05, 0) is 37.3 Å². The highest BCUT2D eigenvalue weighted by atomic mass is 16.5. The molecule has 4 heteroatoms. The third-order valence-corrected chi connectivity index (χ3v) is 5.40.